The number of benzene rings is 3. The van der Waals surface area contributed by atoms with Crippen molar-refractivity contribution in [1.82, 2.24) is 10.7 Å². The van der Waals surface area contributed by atoms with Crippen LogP contribution in [0.15, 0.2) is 86.5 Å². The smallest absolute Gasteiger partial charge is 0.287 e. The Labute approximate surface area is 214 Å². The quantitative estimate of drug-likeness (QED) is 0.209. The molecule has 2 amide bonds. The number of phenols is 1. The summed E-state index contributed by atoms with van der Waals surface area (Å²) < 4.78 is 1.20. The van der Waals surface area contributed by atoms with Gasteiger partial charge in [-0.05, 0) is 64.0 Å². The number of amides is 2. The van der Waals surface area contributed by atoms with E-state index in [1.807, 2.05) is 43.3 Å². The van der Waals surface area contributed by atoms with Crippen molar-refractivity contribution in [3.05, 3.63) is 98.1 Å². The first-order valence-electron chi connectivity index (χ1n) is 10.1. The molecule has 9 heteroatoms. The maximum absolute atomic E-state index is 12.9. The van der Waals surface area contributed by atoms with Crippen molar-refractivity contribution in [1.29, 1.82) is 0 Å². The molecule has 0 aromatic heterocycles. The van der Waals surface area contributed by atoms with Crippen molar-refractivity contribution in [2.24, 2.45) is 5.10 Å². The fourth-order valence-corrected chi connectivity index (χ4v) is 4.14. The number of hydrazone groups is 1. The normalized spacial score (nSPS) is 11.4. The third-order valence-electron chi connectivity index (χ3n) is 4.68. The van der Waals surface area contributed by atoms with Gasteiger partial charge in [0.2, 0.25) is 0 Å². The van der Waals surface area contributed by atoms with Gasteiger partial charge in [-0.25, -0.2) is 5.43 Å². The van der Waals surface area contributed by atoms with Crippen LogP contribution in [-0.4, -0.2) is 37.2 Å². The summed E-state index contributed by atoms with van der Waals surface area (Å²) in [5, 5.41) is 16.8. The van der Waals surface area contributed by atoms with Gasteiger partial charge in [0.15, 0.2) is 0 Å². The highest BCUT2D eigenvalue weighted by atomic mass is 79.9. The van der Waals surface area contributed by atoms with E-state index in [2.05, 4.69) is 47.7 Å². The lowest BCUT2D eigenvalue weighted by Gasteiger charge is -2.12. The van der Waals surface area contributed by atoms with E-state index in [0.717, 1.165) is 15.7 Å². The van der Waals surface area contributed by atoms with Gasteiger partial charge in [-0.1, -0.05) is 46.3 Å². The molecule has 0 spiro atoms. The van der Waals surface area contributed by atoms with Crippen molar-refractivity contribution >= 4 is 61.7 Å². The molecule has 3 N–H and O–H groups in total. The van der Waals surface area contributed by atoms with E-state index in [0.29, 0.717) is 15.6 Å². The highest BCUT2D eigenvalue weighted by molar-refractivity contribution is 9.11. The van der Waals surface area contributed by atoms with Crippen LogP contribution < -0.4 is 15.6 Å². The van der Waals surface area contributed by atoms with Gasteiger partial charge in [0, 0.05) is 35.4 Å². The van der Waals surface area contributed by atoms with Crippen molar-refractivity contribution in [2.75, 3.05) is 19.0 Å². The number of rotatable bonds is 7. The lowest BCUT2D eigenvalue weighted by Crippen LogP contribution is -2.32. The second kappa shape index (κ2) is 11.6. The number of hydrogen-bond acceptors (Lipinski definition) is 5. The lowest BCUT2D eigenvalue weighted by atomic mass is 10.1. The van der Waals surface area contributed by atoms with Gasteiger partial charge in [-0.3, -0.25) is 9.59 Å². The first-order chi connectivity index (χ1) is 16.2. The highest BCUT2D eigenvalue weighted by Gasteiger charge is 2.14. The highest BCUT2D eigenvalue weighted by Crippen LogP contribution is 2.30. The Hall–Kier alpha value is -3.43. The predicted molar refractivity (Wildman–Crippen MR) is 142 cm³/mol. The Morgan fingerprint density at radius 1 is 1.00 bits per heavy atom. The summed E-state index contributed by atoms with van der Waals surface area (Å²) in [7, 11) is 3.87. The number of carbonyl (C=O) groups is 2. The number of phenolic OH excluding ortho intramolecular Hbond substituents is 1. The second-order valence-corrected chi connectivity index (χ2v) is 9.16. The Kier molecular flexibility index (Phi) is 8.61. The summed E-state index contributed by atoms with van der Waals surface area (Å²) in [6.45, 7) is 0. The van der Waals surface area contributed by atoms with Crippen molar-refractivity contribution < 1.29 is 14.7 Å². The SMILES string of the molecule is CN(C)c1ccc(/C=C(\NC(=O)c2ccccc2)C(=O)N/N=C\c2cc(Br)cc(Br)c2O)cc1. The molecule has 0 saturated carbocycles. The summed E-state index contributed by atoms with van der Waals surface area (Å²) in [6, 6.07) is 19.4. The largest absolute Gasteiger partial charge is 0.506 e. The predicted octanol–water partition coefficient (Wildman–Crippen LogP) is 4.90. The van der Waals surface area contributed by atoms with Crippen LogP contribution in [0.2, 0.25) is 0 Å². The van der Waals surface area contributed by atoms with E-state index in [1.165, 1.54) is 6.21 Å². The minimum absolute atomic E-state index is 0.0169. The number of hydrogen-bond donors (Lipinski definition) is 3. The van der Waals surface area contributed by atoms with Crippen LogP contribution in [-0.2, 0) is 4.79 Å². The summed E-state index contributed by atoms with van der Waals surface area (Å²) in [4.78, 5) is 27.6. The fraction of sp³-hybridized carbons (Fsp3) is 0.0800. The van der Waals surface area contributed by atoms with E-state index < -0.39 is 11.8 Å². The summed E-state index contributed by atoms with van der Waals surface area (Å²) in [5.74, 6) is -1.06. The standard InChI is InChI=1S/C25H22Br2N4O3/c1-31(2)20-10-8-16(9-11-20)12-22(29-24(33)17-6-4-3-5-7-17)25(34)30-28-15-18-13-19(26)14-21(27)23(18)32/h3-15,32H,1-2H3,(H,29,33)(H,30,34)/b22-12-,28-15-. The number of anilines is 1. The van der Waals surface area contributed by atoms with E-state index in [1.54, 1.807) is 48.5 Å². The maximum atomic E-state index is 12.9. The topological polar surface area (TPSA) is 94.0 Å². The van der Waals surface area contributed by atoms with Crippen LogP contribution in [0.4, 0.5) is 5.69 Å². The molecule has 0 atom stereocenters. The molecule has 174 valence electrons. The van der Waals surface area contributed by atoms with Crippen LogP contribution in [0.3, 0.4) is 0 Å². The average Bonchev–Trinajstić information content (AvgIpc) is 2.82. The van der Waals surface area contributed by atoms with Gasteiger partial charge in [0.05, 0.1) is 10.7 Å². The zero-order chi connectivity index (χ0) is 24.7. The number of halogens is 2. The fourth-order valence-electron chi connectivity index (χ4n) is 2.88. The Morgan fingerprint density at radius 3 is 2.32 bits per heavy atom. The third kappa shape index (κ3) is 6.79. The van der Waals surface area contributed by atoms with E-state index in [4.69, 9.17) is 0 Å². The molecule has 0 radical (unpaired) electrons. The van der Waals surface area contributed by atoms with Gasteiger partial charge < -0.3 is 15.3 Å². The first-order valence-corrected chi connectivity index (χ1v) is 11.7. The van der Waals surface area contributed by atoms with Gasteiger partial charge >= 0.3 is 0 Å². The molecule has 0 heterocycles. The van der Waals surface area contributed by atoms with Crippen molar-refractivity contribution in [3.63, 3.8) is 0 Å². The van der Waals surface area contributed by atoms with Gasteiger partial charge in [-0.15, -0.1) is 0 Å². The monoisotopic (exact) mass is 584 g/mol. The molecule has 3 rings (SSSR count). The van der Waals surface area contributed by atoms with Gasteiger partial charge in [0.1, 0.15) is 11.4 Å². The van der Waals surface area contributed by atoms with Crippen LogP contribution >= 0.6 is 31.9 Å². The first kappa shape index (κ1) is 25.2. The molecule has 0 aliphatic heterocycles. The zero-order valence-electron chi connectivity index (χ0n) is 18.4. The zero-order valence-corrected chi connectivity index (χ0v) is 21.6. The van der Waals surface area contributed by atoms with Crippen LogP contribution in [0.1, 0.15) is 21.5 Å². The van der Waals surface area contributed by atoms with Gasteiger partial charge in [-0.2, -0.15) is 5.10 Å². The molecule has 0 aliphatic carbocycles. The molecule has 0 bridgehead atoms. The van der Waals surface area contributed by atoms with Crippen LogP contribution in [0, 0.1) is 0 Å². The van der Waals surface area contributed by atoms with Crippen LogP contribution in [0.25, 0.3) is 6.08 Å². The van der Waals surface area contributed by atoms with Crippen molar-refractivity contribution in [2.45, 2.75) is 0 Å². The molecule has 34 heavy (non-hydrogen) atoms. The number of aromatic hydroxyl groups is 1. The number of carbonyl (C=O) groups excluding carboxylic acids is 2. The maximum Gasteiger partial charge on any atom is 0.287 e. The number of nitrogens with zero attached hydrogens (tertiary/aromatic N) is 2. The average molecular weight is 586 g/mol. The molecule has 0 saturated heterocycles. The molecular formula is C25H22Br2N4O3. The number of nitrogens with one attached hydrogen (secondary N) is 2. The van der Waals surface area contributed by atoms with Gasteiger partial charge in [0.25, 0.3) is 11.8 Å². The summed E-state index contributed by atoms with van der Waals surface area (Å²) >= 11 is 6.59. The molecule has 3 aromatic carbocycles. The molecule has 0 fully saturated rings. The Bertz CT molecular complexity index is 1240. The molecule has 7 nitrogen and oxygen atoms in total. The van der Waals surface area contributed by atoms with Crippen LogP contribution in [0.5, 0.6) is 5.75 Å². The van der Waals surface area contributed by atoms with E-state index >= 15 is 0 Å². The van der Waals surface area contributed by atoms with E-state index in [-0.39, 0.29) is 11.4 Å². The molecule has 3 aromatic rings. The van der Waals surface area contributed by atoms with E-state index in [9.17, 15) is 14.7 Å². The Balaban J connectivity index is 1.84. The molecule has 0 aliphatic rings. The molecule has 0 unspecified atom stereocenters. The third-order valence-corrected chi connectivity index (χ3v) is 5.74. The summed E-state index contributed by atoms with van der Waals surface area (Å²) in [6.07, 6.45) is 2.88. The Morgan fingerprint density at radius 2 is 1.68 bits per heavy atom. The lowest BCUT2D eigenvalue weighted by molar-refractivity contribution is -0.117. The molecular weight excluding hydrogens is 564 g/mol. The van der Waals surface area contributed by atoms with Crippen molar-refractivity contribution in [3.8, 4) is 5.75 Å². The minimum Gasteiger partial charge on any atom is -0.506 e. The second-order valence-electron chi connectivity index (χ2n) is 7.39. The minimum atomic E-state index is -0.620. The summed E-state index contributed by atoms with van der Waals surface area (Å²) in [5.41, 5.74) is 4.95.